The van der Waals surface area contributed by atoms with Gasteiger partial charge in [0.05, 0.1) is 6.21 Å². The van der Waals surface area contributed by atoms with E-state index in [4.69, 9.17) is 5.84 Å². The lowest BCUT2D eigenvalue weighted by molar-refractivity contribution is 1.27. The Balaban J connectivity index is 2.85. The van der Waals surface area contributed by atoms with Crippen LogP contribution in [0.2, 0.25) is 0 Å². The number of nitrogens with two attached hydrogens (primary N) is 1. The van der Waals surface area contributed by atoms with Crippen LogP contribution in [0.1, 0.15) is 4.88 Å². The van der Waals surface area contributed by atoms with E-state index in [1.165, 1.54) is 0 Å². The number of halogens is 1. The zero-order chi connectivity index (χ0) is 6.69. The van der Waals surface area contributed by atoms with Crippen molar-refractivity contribution >= 4 is 33.5 Å². The third-order valence-electron chi connectivity index (χ3n) is 0.790. The highest BCUT2D eigenvalue weighted by molar-refractivity contribution is 9.10. The molecule has 0 amide bonds. The van der Waals surface area contributed by atoms with Crippen molar-refractivity contribution < 1.29 is 0 Å². The summed E-state index contributed by atoms with van der Waals surface area (Å²) in [5, 5.41) is 5.37. The van der Waals surface area contributed by atoms with Gasteiger partial charge in [0.15, 0.2) is 0 Å². The second kappa shape index (κ2) is 2.98. The van der Waals surface area contributed by atoms with E-state index in [0.717, 1.165) is 9.35 Å². The average molecular weight is 205 g/mol. The quantitative estimate of drug-likeness (QED) is 0.423. The van der Waals surface area contributed by atoms with Crippen LogP contribution in [0, 0.1) is 0 Å². The molecule has 0 aliphatic carbocycles. The molecule has 2 N–H and O–H groups in total. The molecule has 0 aliphatic heterocycles. The van der Waals surface area contributed by atoms with Crippen molar-refractivity contribution in [3.63, 3.8) is 0 Å². The van der Waals surface area contributed by atoms with E-state index in [2.05, 4.69) is 21.0 Å². The molecule has 0 radical (unpaired) electrons. The maximum absolute atomic E-state index is 4.93. The van der Waals surface area contributed by atoms with Crippen molar-refractivity contribution in [2.24, 2.45) is 10.9 Å². The molecule has 1 rings (SSSR count). The lowest BCUT2D eigenvalue weighted by Crippen LogP contribution is -1.80. The molecule has 0 saturated heterocycles. The van der Waals surface area contributed by atoms with Gasteiger partial charge in [0, 0.05) is 14.7 Å². The van der Waals surface area contributed by atoms with Crippen LogP contribution in [0.5, 0.6) is 0 Å². The van der Waals surface area contributed by atoms with Gasteiger partial charge in [-0.15, -0.1) is 11.3 Å². The van der Waals surface area contributed by atoms with Crippen molar-refractivity contribution in [1.29, 1.82) is 0 Å². The molecule has 0 aliphatic rings. The molecule has 9 heavy (non-hydrogen) atoms. The van der Waals surface area contributed by atoms with Gasteiger partial charge in [-0.1, -0.05) is 0 Å². The molecule has 0 bridgehead atoms. The fourth-order valence-electron chi connectivity index (χ4n) is 0.469. The first kappa shape index (κ1) is 6.77. The number of hydrogen-bond donors (Lipinski definition) is 1. The Morgan fingerprint density at radius 3 is 3.00 bits per heavy atom. The zero-order valence-corrected chi connectivity index (χ0v) is 6.95. The molecular formula is C5H5BrN2S. The summed E-state index contributed by atoms with van der Waals surface area (Å²) in [5.74, 6) is 4.93. The second-order valence-electron chi connectivity index (χ2n) is 1.45. The van der Waals surface area contributed by atoms with Crippen molar-refractivity contribution in [2.75, 3.05) is 0 Å². The third-order valence-corrected chi connectivity index (χ3v) is 2.42. The maximum atomic E-state index is 4.93. The number of nitrogens with zero attached hydrogens (tertiary/aromatic N) is 1. The summed E-state index contributed by atoms with van der Waals surface area (Å²) in [6, 6.07) is 1.96. The van der Waals surface area contributed by atoms with Gasteiger partial charge >= 0.3 is 0 Å². The van der Waals surface area contributed by atoms with Gasteiger partial charge < -0.3 is 5.84 Å². The molecule has 1 aromatic heterocycles. The molecule has 0 unspecified atom stereocenters. The molecule has 0 aromatic carbocycles. The lowest BCUT2D eigenvalue weighted by atomic mass is 10.5. The van der Waals surface area contributed by atoms with Gasteiger partial charge in [0.1, 0.15) is 0 Å². The van der Waals surface area contributed by atoms with Gasteiger partial charge in [0.2, 0.25) is 0 Å². The summed E-state index contributed by atoms with van der Waals surface area (Å²) in [6.07, 6.45) is 1.62. The topological polar surface area (TPSA) is 38.4 Å². The Bertz CT molecular complexity index is 218. The predicted octanol–water partition coefficient (Wildman–Crippen LogP) is 1.80. The molecule has 1 aromatic rings. The average Bonchev–Trinajstić information content (AvgIpc) is 2.17. The number of hydrazone groups is 1. The van der Waals surface area contributed by atoms with Gasteiger partial charge in [-0.3, -0.25) is 0 Å². The van der Waals surface area contributed by atoms with Crippen molar-refractivity contribution in [2.45, 2.75) is 0 Å². The minimum absolute atomic E-state index is 1.06. The van der Waals surface area contributed by atoms with Crippen molar-refractivity contribution in [3.8, 4) is 0 Å². The van der Waals surface area contributed by atoms with Gasteiger partial charge in [-0.05, 0) is 22.0 Å². The Labute approximate surface area is 65.5 Å². The van der Waals surface area contributed by atoms with E-state index in [-0.39, 0.29) is 0 Å². The van der Waals surface area contributed by atoms with Crippen LogP contribution in [-0.4, -0.2) is 6.21 Å². The van der Waals surface area contributed by atoms with Crippen LogP contribution in [0.4, 0.5) is 0 Å². The van der Waals surface area contributed by atoms with Crippen LogP contribution < -0.4 is 5.84 Å². The second-order valence-corrected chi connectivity index (χ2v) is 3.30. The van der Waals surface area contributed by atoms with E-state index < -0.39 is 0 Å². The standard InChI is InChI=1S/C5H5BrN2S/c6-4-1-5(2-8-7)9-3-4/h1-3H,7H2. The van der Waals surface area contributed by atoms with Crippen LogP contribution in [0.3, 0.4) is 0 Å². The summed E-state index contributed by atoms with van der Waals surface area (Å²) >= 11 is 4.91. The molecule has 48 valence electrons. The van der Waals surface area contributed by atoms with Crippen LogP contribution in [-0.2, 0) is 0 Å². The summed E-state index contributed by atoms with van der Waals surface area (Å²) in [4.78, 5) is 1.06. The largest absolute Gasteiger partial charge is 0.323 e. The first-order valence-electron chi connectivity index (χ1n) is 2.30. The Morgan fingerprint density at radius 1 is 1.78 bits per heavy atom. The molecule has 0 saturated carbocycles. The van der Waals surface area contributed by atoms with Crippen LogP contribution in [0.15, 0.2) is 21.0 Å². The molecule has 2 nitrogen and oxygen atoms in total. The molecular weight excluding hydrogens is 200 g/mol. The lowest BCUT2D eigenvalue weighted by Gasteiger charge is -1.75. The summed E-state index contributed by atoms with van der Waals surface area (Å²) < 4.78 is 1.07. The first-order valence-corrected chi connectivity index (χ1v) is 3.97. The molecule has 1 heterocycles. The molecule has 4 heteroatoms. The smallest absolute Gasteiger partial charge is 0.0638 e. The minimum Gasteiger partial charge on any atom is -0.323 e. The highest BCUT2D eigenvalue weighted by Crippen LogP contribution is 2.17. The van der Waals surface area contributed by atoms with Crippen molar-refractivity contribution in [1.82, 2.24) is 0 Å². The molecule has 0 spiro atoms. The molecule has 0 fully saturated rings. The first-order chi connectivity index (χ1) is 4.33. The van der Waals surface area contributed by atoms with Gasteiger partial charge in [-0.2, -0.15) is 5.10 Å². The Kier molecular flexibility index (Phi) is 2.24. The fourth-order valence-corrected chi connectivity index (χ4v) is 1.78. The van der Waals surface area contributed by atoms with E-state index in [9.17, 15) is 0 Å². The third kappa shape index (κ3) is 1.80. The summed E-state index contributed by atoms with van der Waals surface area (Å²) in [7, 11) is 0. The summed E-state index contributed by atoms with van der Waals surface area (Å²) in [5.41, 5.74) is 0. The number of thiophene rings is 1. The highest BCUT2D eigenvalue weighted by atomic mass is 79.9. The SMILES string of the molecule is NN=Cc1cc(Br)cs1. The summed E-state index contributed by atoms with van der Waals surface area (Å²) in [6.45, 7) is 0. The monoisotopic (exact) mass is 204 g/mol. The minimum atomic E-state index is 1.06. The fraction of sp³-hybridized carbons (Fsp3) is 0. The van der Waals surface area contributed by atoms with Gasteiger partial charge in [-0.25, -0.2) is 0 Å². The van der Waals surface area contributed by atoms with Gasteiger partial charge in [0.25, 0.3) is 0 Å². The van der Waals surface area contributed by atoms with E-state index >= 15 is 0 Å². The van der Waals surface area contributed by atoms with Crippen LogP contribution >= 0.6 is 27.3 Å². The number of rotatable bonds is 1. The maximum Gasteiger partial charge on any atom is 0.0638 e. The Hall–Kier alpha value is -0.350. The normalized spacial score (nSPS) is 10.8. The number of hydrogen-bond acceptors (Lipinski definition) is 3. The predicted molar refractivity (Wildman–Crippen MR) is 43.8 cm³/mol. The highest BCUT2D eigenvalue weighted by Gasteiger charge is 1.90. The molecule has 0 atom stereocenters. The van der Waals surface area contributed by atoms with E-state index in [0.29, 0.717) is 0 Å². The van der Waals surface area contributed by atoms with E-state index in [1.807, 2.05) is 11.4 Å². The van der Waals surface area contributed by atoms with Crippen molar-refractivity contribution in [3.05, 3.63) is 20.8 Å². The zero-order valence-electron chi connectivity index (χ0n) is 4.54. The van der Waals surface area contributed by atoms with E-state index in [1.54, 1.807) is 17.6 Å². The Morgan fingerprint density at radius 2 is 2.56 bits per heavy atom. The van der Waals surface area contributed by atoms with Crippen LogP contribution in [0.25, 0.3) is 0 Å².